The molecule has 0 saturated carbocycles. The second-order valence-corrected chi connectivity index (χ2v) is 5.92. The van der Waals surface area contributed by atoms with Crippen LogP contribution in [0.25, 0.3) is 0 Å². The van der Waals surface area contributed by atoms with Crippen molar-refractivity contribution in [2.75, 3.05) is 5.32 Å². The summed E-state index contributed by atoms with van der Waals surface area (Å²) >= 11 is 11.8. The quantitative estimate of drug-likeness (QED) is 0.851. The van der Waals surface area contributed by atoms with E-state index >= 15 is 0 Å². The highest BCUT2D eigenvalue weighted by molar-refractivity contribution is 6.42. The lowest BCUT2D eigenvalue weighted by atomic mass is 10.1. The van der Waals surface area contributed by atoms with E-state index in [0.717, 1.165) is 12.8 Å². The van der Waals surface area contributed by atoms with Crippen LogP contribution in [0.3, 0.4) is 0 Å². The van der Waals surface area contributed by atoms with E-state index in [1.807, 2.05) is 12.1 Å². The molecule has 0 aliphatic heterocycles. The molecule has 0 bridgehead atoms. The van der Waals surface area contributed by atoms with E-state index in [-0.39, 0.29) is 12.1 Å². The summed E-state index contributed by atoms with van der Waals surface area (Å²) in [6.45, 7) is 0. The van der Waals surface area contributed by atoms with Gasteiger partial charge in [-0.1, -0.05) is 47.5 Å². The lowest BCUT2D eigenvalue weighted by molar-refractivity contribution is 0.249. The van der Waals surface area contributed by atoms with Gasteiger partial charge in [0.25, 0.3) is 0 Å². The number of hydrogen-bond acceptors (Lipinski definition) is 1. The van der Waals surface area contributed by atoms with Crippen LogP contribution in [0.15, 0.2) is 42.5 Å². The van der Waals surface area contributed by atoms with E-state index in [2.05, 4.69) is 22.8 Å². The highest BCUT2D eigenvalue weighted by atomic mass is 35.5. The van der Waals surface area contributed by atoms with Gasteiger partial charge in [-0.3, -0.25) is 0 Å². The van der Waals surface area contributed by atoms with Crippen LogP contribution in [0.2, 0.25) is 10.0 Å². The second-order valence-electron chi connectivity index (χ2n) is 5.10. The van der Waals surface area contributed by atoms with E-state index in [1.165, 1.54) is 11.1 Å². The smallest absolute Gasteiger partial charge is 0.319 e. The molecule has 0 unspecified atom stereocenters. The summed E-state index contributed by atoms with van der Waals surface area (Å²) in [5, 5.41) is 6.64. The molecule has 0 saturated heterocycles. The molecule has 2 aromatic carbocycles. The van der Waals surface area contributed by atoms with Crippen LogP contribution in [-0.4, -0.2) is 12.1 Å². The Hall–Kier alpha value is -1.71. The van der Waals surface area contributed by atoms with Crippen molar-refractivity contribution in [2.45, 2.75) is 18.9 Å². The number of urea groups is 1. The van der Waals surface area contributed by atoms with Crippen molar-refractivity contribution in [3.8, 4) is 0 Å². The van der Waals surface area contributed by atoms with Crippen LogP contribution in [0, 0.1) is 0 Å². The average Bonchev–Trinajstić information content (AvgIpc) is 2.84. The zero-order chi connectivity index (χ0) is 14.8. The summed E-state index contributed by atoms with van der Waals surface area (Å²) in [7, 11) is 0. The van der Waals surface area contributed by atoms with Gasteiger partial charge in [-0.2, -0.15) is 0 Å². The topological polar surface area (TPSA) is 41.1 Å². The van der Waals surface area contributed by atoms with Gasteiger partial charge in [0.1, 0.15) is 0 Å². The fourth-order valence-electron chi connectivity index (χ4n) is 2.59. The second kappa shape index (κ2) is 5.96. The molecule has 0 radical (unpaired) electrons. The fourth-order valence-corrected chi connectivity index (χ4v) is 2.89. The number of nitrogens with one attached hydrogen (secondary N) is 2. The molecule has 2 aromatic rings. The maximum absolute atomic E-state index is 12.0. The third-order valence-corrected chi connectivity index (χ3v) is 4.30. The van der Waals surface area contributed by atoms with Crippen LogP contribution in [0.4, 0.5) is 10.5 Å². The Bertz CT molecular complexity index is 663. The Morgan fingerprint density at radius 2 is 1.67 bits per heavy atom. The Morgan fingerprint density at radius 3 is 2.29 bits per heavy atom. The number of rotatable bonds is 2. The number of carbonyl (C=O) groups is 1. The predicted molar refractivity (Wildman–Crippen MR) is 86.3 cm³/mol. The van der Waals surface area contributed by atoms with Crippen LogP contribution in [0.5, 0.6) is 0 Å². The minimum absolute atomic E-state index is 0.130. The van der Waals surface area contributed by atoms with Crippen molar-refractivity contribution < 1.29 is 4.79 Å². The highest BCUT2D eigenvalue weighted by Crippen LogP contribution is 2.25. The summed E-state index contributed by atoms with van der Waals surface area (Å²) in [5.74, 6) is 0. The van der Waals surface area contributed by atoms with E-state index in [9.17, 15) is 4.79 Å². The van der Waals surface area contributed by atoms with Crippen LogP contribution < -0.4 is 10.6 Å². The molecule has 21 heavy (non-hydrogen) atoms. The molecule has 3 nitrogen and oxygen atoms in total. The summed E-state index contributed by atoms with van der Waals surface area (Å²) in [6.07, 6.45) is 1.73. The molecule has 0 heterocycles. The molecule has 108 valence electrons. The van der Waals surface area contributed by atoms with Gasteiger partial charge in [0.15, 0.2) is 0 Å². The number of amides is 2. The maximum Gasteiger partial charge on any atom is 0.319 e. The average molecular weight is 321 g/mol. The van der Waals surface area contributed by atoms with Gasteiger partial charge < -0.3 is 10.6 Å². The Morgan fingerprint density at radius 1 is 1.00 bits per heavy atom. The first kappa shape index (κ1) is 14.2. The van der Waals surface area contributed by atoms with Crippen LogP contribution in [0.1, 0.15) is 11.1 Å². The van der Waals surface area contributed by atoms with Crippen molar-refractivity contribution in [3.63, 3.8) is 0 Å². The number of halogens is 2. The third kappa shape index (κ3) is 3.31. The van der Waals surface area contributed by atoms with Gasteiger partial charge in [-0.15, -0.1) is 0 Å². The molecular formula is C16H14Cl2N2O. The zero-order valence-electron chi connectivity index (χ0n) is 11.2. The van der Waals surface area contributed by atoms with E-state index in [0.29, 0.717) is 15.7 Å². The number of benzene rings is 2. The first-order valence-corrected chi connectivity index (χ1v) is 7.47. The minimum Gasteiger partial charge on any atom is -0.334 e. The van der Waals surface area contributed by atoms with E-state index in [1.54, 1.807) is 18.2 Å². The summed E-state index contributed by atoms with van der Waals surface area (Å²) in [6, 6.07) is 13.2. The summed E-state index contributed by atoms with van der Waals surface area (Å²) in [5.41, 5.74) is 3.23. The number of hydrogen-bond donors (Lipinski definition) is 2. The normalized spacial score (nSPS) is 13.8. The highest BCUT2D eigenvalue weighted by Gasteiger charge is 2.22. The van der Waals surface area contributed by atoms with Gasteiger partial charge in [-0.25, -0.2) is 4.79 Å². The monoisotopic (exact) mass is 320 g/mol. The lowest BCUT2D eigenvalue weighted by Gasteiger charge is -2.13. The van der Waals surface area contributed by atoms with Crippen molar-refractivity contribution >= 4 is 34.9 Å². The van der Waals surface area contributed by atoms with Crippen molar-refractivity contribution in [2.24, 2.45) is 0 Å². The molecule has 5 heteroatoms. The fraction of sp³-hybridized carbons (Fsp3) is 0.188. The van der Waals surface area contributed by atoms with Gasteiger partial charge in [0.2, 0.25) is 0 Å². The zero-order valence-corrected chi connectivity index (χ0v) is 12.7. The molecular weight excluding hydrogens is 307 g/mol. The third-order valence-electron chi connectivity index (χ3n) is 3.56. The van der Waals surface area contributed by atoms with Gasteiger partial charge >= 0.3 is 6.03 Å². The molecule has 0 fully saturated rings. The number of carbonyl (C=O) groups excluding carboxylic acids is 1. The number of anilines is 1. The van der Waals surface area contributed by atoms with Crippen LogP contribution in [-0.2, 0) is 12.8 Å². The largest absolute Gasteiger partial charge is 0.334 e. The Balaban J connectivity index is 1.59. The predicted octanol–water partition coefficient (Wildman–Crippen LogP) is 4.28. The lowest BCUT2D eigenvalue weighted by Crippen LogP contribution is -2.38. The van der Waals surface area contributed by atoms with Gasteiger partial charge in [0, 0.05) is 11.7 Å². The van der Waals surface area contributed by atoms with Crippen molar-refractivity contribution in [3.05, 3.63) is 63.6 Å². The minimum atomic E-state index is -0.230. The molecule has 2 amide bonds. The van der Waals surface area contributed by atoms with E-state index < -0.39 is 0 Å². The number of fused-ring (bicyclic) bond motifs is 1. The molecule has 3 rings (SSSR count). The summed E-state index contributed by atoms with van der Waals surface area (Å²) in [4.78, 5) is 12.0. The molecule has 2 N–H and O–H groups in total. The Kier molecular flexibility index (Phi) is 4.04. The molecule has 0 aromatic heterocycles. The Labute approximate surface area is 133 Å². The van der Waals surface area contributed by atoms with Gasteiger partial charge in [-0.05, 0) is 42.2 Å². The van der Waals surface area contributed by atoms with E-state index in [4.69, 9.17) is 23.2 Å². The van der Waals surface area contributed by atoms with Gasteiger partial charge in [0.05, 0.1) is 10.0 Å². The van der Waals surface area contributed by atoms with Crippen molar-refractivity contribution in [1.82, 2.24) is 5.32 Å². The van der Waals surface area contributed by atoms with Crippen LogP contribution >= 0.6 is 23.2 Å². The standard InChI is InChI=1S/C16H14Cl2N2O/c17-14-6-5-12(9-15(14)18)19-16(21)20-13-7-10-3-1-2-4-11(10)8-13/h1-6,9,13H,7-8H2,(H2,19,20,21). The molecule has 1 aliphatic rings. The molecule has 0 spiro atoms. The molecule has 0 atom stereocenters. The van der Waals surface area contributed by atoms with Crippen molar-refractivity contribution in [1.29, 1.82) is 0 Å². The maximum atomic E-state index is 12.0. The first-order chi connectivity index (χ1) is 10.1. The SMILES string of the molecule is O=C(Nc1ccc(Cl)c(Cl)c1)NC1Cc2ccccc2C1. The first-order valence-electron chi connectivity index (χ1n) is 6.71. The summed E-state index contributed by atoms with van der Waals surface area (Å²) < 4.78 is 0. The molecule has 1 aliphatic carbocycles.